The lowest BCUT2D eigenvalue weighted by molar-refractivity contribution is -0.138. The Balaban J connectivity index is 1.71. The van der Waals surface area contributed by atoms with Crippen molar-refractivity contribution in [1.29, 1.82) is 0 Å². The van der Waals surface area contributed by atoms with Crippen molar-refractivity contribution in [3.05, 3.63) is 53.9 Å². The first-order valence-electron chi connectivity index (χ1n) is 9.99. The summed E-state index contributed by atoms with van der Waals surface area (Å²) in [6.07, 6.45) is -0.0644. The van der Waals surface area contributed by atoms with Gasteiger partial charge in [0.15, 0.2) is 6.10 Å². The Labute approximate surface area is 181 Å². The number of aryl methyl sites for hydroxylation is 1. The highest BCUT2D eigenvalue weighted by atomic mass is 16.5. The van der Waals surface area contributed by atoms with Crippen LogP contribution in [0.15, 0.2) is 47.0 Å². The first kappa shape index (κ1) is 22.1. The third-order valence-corrected chi connectivity index (χ3v) is 4.88. The van der Waals surface area contributed by atoms with Crippen LogP contribution in [0, 0.1) is 6.92 Å². The SMILES string of the molecule is CC[C@@H](Oc1ccccc1C)C(=O)N(C)Cc1nc(-c2ccc(OC)cc2OC)no1. The molecular weight excluding hydrogens is 398 g/mol. The first-order chi connectivity index (χ1) is 15.0. The predicted octanol–water partition coefficient (Wildman–Crippen LogP) is 3.88. The Morgan fingerprint density at radius 3 is 2.58 bits per heavy atom. The van der Waals surface area contributed by atoms with Crippen molar-refractivity contribution in [3.8, 4) is 28.6 Å². The highest BCUT2D eigenvalue weighted by Crippen LogP contribution is 2.31. The van der Waals surface area contributed by atoms with Crippen molar-refractivity contribution in [2.24, 2.45) is 0 Å². The van der Waals surface area contributed by atoms with E-state index in [0.29, 0.717) is 40.9 Å². The molecule has 2 aromatic carbocycles. The van der Waals surface area contributed by atoms with Crippen LogP contribution < -0.4 is 14.2 Å². The van der Waals surface area contributed by atoms with Crippen molar-refractivity contribution in [2.75, 3.05) is 21.3 Å². The number of methoxy groups -OCH3 is 2. The number of benzene rings is 2. The fourth-order valence-electron chi connectivity index (χ4n) is 3.09. The Morgan fingerprint density at radius 2 is 1.90 bits per heavy atom. The summed E-state index contributed by atoms with van der Waals surface area (Å²) in [4.78, 5) is 18.9. The third kappa shape index (κ3) is 5.14. The van der Waals surface area contributed by atoms with Gasteiger partial charge in [-0.25, -0.2) is 0 Å². The molecule has 0 saturated carbocycles. The Bertz CT molecular complexity index is 1030. The molecule has 1 heterocycles. The number of ether oxygens (including phenoxy) is 3. The Hall–Kier alpha value is -3.55. The smallest absolute Gasteiger partial charge is 0.263 e. The number of hydrogen-bond acceptors (Lipinski definition) is 7. The maximum Gasteiger partial charge on any atom is 0.263 e. The van der Waals surface area contributed by atoms with Crippen LogP contribution in [0.3, 0.4) is 0 Å². The summed E-state index contributed by atoms with van der Waals surface area (Å²) in [6, 6.07) is 13.0. The standard InChI is InChI=1S/C23H27N3O5/c1-6-18(30-19-10-8-7-9-15(19)2)23(27)26(3)14-21-24-22(25-31-21)17-12-11-16(28-4)13-20(17)29-5/h7-13,18H,6,14H2,1-5H3/t18-/m1/s1. The van der Waals surface area contributed by atoms with Crippen LogP contribution in [0.5, 0.6) is 17.2 Å². The van der Waals surface area contributed by atoms with Gasteiger partial charge in [-0.1, -0.05) is 30.3 Å². The molecule has 0 aliphatic carbocycles. The van der Waals surface area contributed by atoms with Gasteiger partial charge in [-0.3, -0.25) is 4.79 Å². The molecule has 1 amide bonds. The summed E-state index contributed by atoms with van der Waals surface area (Å²) in [7, 11) is 4.83. The Morgan fingerprint density at radius 1 is 1.13 bits per heavy atom. The lowest BCUT2D eigenvalue weighted by atomic mass is 10.2. The van der Waals surface area contributed by atoms with Gasteiger partial charge in [0.2, 0.25) is 11.7 Å². The lowest BCUT2D eigenvalue weighted by Crippen LogP contribution is -2.39. The second kappa shape index (κ2) is 9.97. The molecule has 0 aliphatic heterocycles. The van der Waals surface area contributed by atoms with E-state index in [2.05, 4.69) is 10.1 Å². The molecule has 0 fully saturated rings. The van der Waals surface area contributed by atoms with Crippen LogP contribution in [0.4, 0.5) is 0 Å². The number of amides is 1. The molecule has 8 heteroatoms. The van der Waals surface area contributed by atoms with Crippen molar-refractivity contribution in [3.63, 3.8) is 0 Å². The second-order valence-corrected chi connectivity index (χ2v) is 7.05. The van der Waals surface area contributed by atoms with Gasteiger partial charge in [0.05, 0.1) is 26.3 Å². The average molecular weight is 425 g/mol. The van der Waals surface area contributed by atoms with E-state index in [1.807, 2.05) is 38.1 Å². The predicted molar refractivity (Wildman–Crippen MR) is 115 cm³/mol. The van der Waals surface area contributed by atoms with E-state index in [0.717, 1.165) is 5.56 Å². The van der Waals surface area contributed by atoms with E-state index < -0.39 is 6.10 Å². The average Bonchev–Trinajstić information content (AvgIpc) is 3.25. The molecule has 1 atom stereocenters. The van der Waals surface area contributed by atoms with Gasteiger partial charge < -0.3 is 23.6 Å². The van der Waals surface area contributed by atoms with Crippen LogP contribution in [0.2, 0.25) is 0 Å². The molecule has 0 aliphatic rings. The molecule has 8 nitrogen and oxygen atoms in total. The largest absolute Gasteiger partial charge is 0.497 e. The van der Waals surface area contributed by atoms with Crippen LogP contribution in [0.1, 0.15) is 24.8 Å². The number of carbonyl (C=O) groups excluding carboxylic acids is 1. The van der Waals surface area contributed by atoms with E-state index in [1.54, 1.807) is 39.5 Å². The van der Waals surface area contributed by atoms with Gasteiger partial charge >= 0.3 is 0 Å². The molecule has 0 unspecified atom stereocenters. The molecule has 3 rings (SSSR count). The molecule has 1 aromatic heterocycles. The maximum atomic E-state index is 12.9. The Kier molecular flexibility index (Phi) is 7.12. The van der Waals surface area contributed by atoms with E-state index in [1.165, 1.54) is 4.90 Å². The molecule has 0 bridgehead atoms. The summed E-state index contributed by atoms with van der Waals surface area (Å²) in [5, 5.41) is 4.03. The van der Waals surface area contributed by atoms with E-state index in [9.17, 15) is 4.79 Å². The fraction of sp³-hybridized carbons (Fsp3) is 0.348. The van der Waals surface area contributed by atoms with Gasteiger partial charge in [-0.15, -0.1) is 0 Å². The van der Waals surface area contributed by atoms with Crippen LogP contribution >= 0.6 is 0 Å². The van der Waals surface area contributed by atoms with Crippen LogP contribution in [-0.2, 0) is 11.3 Å². The molecule has 0 spiro atoms. The van der Waals surface area contributed by atoms with Gasteiger partial charge in [0.1, 0.15) is 17.2 Å². The number of rotatable bonds is 9. The number of para-hydroxylation sites is 1. The highest BCUT2D eigenvalue weighted by Gasteiger charge is 2.25. The quantitative estimate of drug-likeness (QED) is 0.514. The van der Waals surface area contributed by atoms with Crippen molar-refractivity contribution < 1.29 is 23.5 Å². The third-order valence-electron chi connectivity index (χ3n) is 4.88. The van der Waals surface area contributed by atoms with E-state index >= 15 is 0 Å². The lowest BCUT2D eigenvalue weighted by Gasteiger charge is -2.23. The van der Waals surface area contributed by atoms with Crippen molar-refractivity contribution >= 4 is 5.91 Å². The highest BCUT2D eigenvalue weighted by molar-refractivity contribution is 5.81. The zero-order valence-corrected chi connectivity index (χ0v) is 18.4. The molecular formula is C23H27N3O5. The molecule has 0 N–H and O–H groups in total. The van der Waals surface area contributed by atoms with Gasteiger partial charge in [-0.2, -0.15) is 4.98 Å². The second-order valence-electron chi connectivity index (χ2n) is 7.05. The number of carbonyl (C=O) groups is 1. The summed E-state index contributed by atoms with van der Waals surface area (Å²) >= 11 is 0. The molecule has 31 heavy (non-hydrogen) atoms. The molecule has 3 aromatic rings. The van der Waals surface area contributed by atoms with Crippen LogP contribution in [-0.4, -0.2) is 48.3 Å². The van der Waals surface area contributed by atoms with Crippen molar-refractivity contribution in [1.82, 2.24) is 15.0 Å². The normalized spacial score (nSPS) is 11.6. The van der Waals surface area contributed by atoms with E-state index in [4.69, 9.17) is 18.7 Å². The van der Waals surface area contributed by atoms with Crippen LogP contribution in [0.25, 0.3) is 11.4 Å². The minimum atomic E-state index is -0.602. The van der Waals surface area contributed by atoms with Gasteiger partial charge in [0, 0.05) is 13.1 Å². The minimum absolute atomic E-state index is 0.160. The van der Waals surface area contributed by atoms with Gasteiger partial charge in [0.25, 0.3) is 5.91 Å². The molecule has 0 saturated heterocycles. The number of likely N-dealkylation sites (N-methyl/N-ethyl adjacent to an activating group) is 1. The number of nitrogens with zero attached hydrogens (tertiary/aromatic N) is 3. The fourth-order valence-corrected chi connectivity index (χ4v) is 3.09. The molecule has 164 valence electrons. The number of hydrogen-bond donors (Lipinski definition) is 0. The first-order valence-corrected chi connectivity index (χ1v) is 9.99. The van der Waals surface area contributed by atoms with Crippen molar-refractivity contribution in [2.45, 2.75) is 32.9 Å². The topological polar surface area (TPSA) is 86.9 Å². The minimum Gasteiger partial charge on any atom is -0.497 e. The summed E-state index contributed by atoms with van der Waals surface area (Å²) in [6.45, 7) is 4.02. The zero-order valence-electron chi connectivity index (χ0n) is 18.4. The number of aromatic nitrogens is 2. The van der Waals surface area contributed by atoms with E-state index in [-0.39, 0.29) is 12.5 Å². The summed E-state index contributed by atoms with van der Waals surface area (Å²) < 4.78 is 21.9. The summed E-state index contributed by atoms with van der Waals surface area (Å²) in [5.41, 5.74) is 1.65. The maximum absolute atomic E-state index is 12.9. The molecule has 0 radical (unpaired) electrons. The summed E-state index contributed by atoms with van der Waals surface area (Å²) in [5.74, 6) is 2.45. The zero-order chi connectivity index (χ0) is 22.4. The monoisotopic (exact) mass is 425 g/mol. The van der Waals surface area contributed by atoms with Gasteiger partial charge in [-0.05, 0) is 37.1 Å².